The van der Waals surface area contributed by atoms with E-state index in [0.717, 1.165) is 12.1 Å². The highest BCUT2D eigenvalue weighted by molar-refractivity contribution is 7.92. The largest absolute Gasteiger partial charge is 0.497 e. The first kappa shape index (κ1) is 21.3. The quantitative estimate of drug-likeness (QED) is 0.516. The lowest BCUT2D eigenvalue weighted by Gasteiger charge is -2.19. The predicted molar refractivity (Wildman–Crippen MR) is 109 cm³/mol. The van der Waals surface area contributed by atoms with Crippen molar-refractivity contribution in [2.24, 2.45) is 0 Å². The number of methoxy groups -OCH3 is 1. The zero-order chi connectivity index (χ0) is 21.2. The Labute approximate surface area is 175 Å². The highest BCUT2D eigenvalue weighted by Gasteiger charge is 2.23. The van der Waals surface area contributed by atoms with Crippen molar-refractivity contribution in [3.05, 3.63) is 63.4 Å². The summed E-state index contributed by atoms with van der Waals surface area (Å²) in [5, 5.41) is 4.32. The topological polar surface area (TPSA) is 80.3 Å². The number of nitrogens with one attached hydrogen (secondary N) is 2. The fourth-order valence-electron chi connectivity index (χ4n) is 2.59. The van der Waals surface area contributed by atoms with Crippen molar-refractivity contribution in [3.8, 4) is 5.75 Å². The van der Waals surface area contributed by atoms with Crippen LogP contribution in [0.3, 0.4) is 0 Å². The van der Waals surface area contributed by atoms with Crippen LogP contribution in [-0.2, 0) is 10.0 Å². The molecule has 0 saturated heterocycles. The molecule has 3 rings (SSSR count). The second kappa shape index (κ2) is 8.52. The molecular weight excluding hydrogens is 444 g/mol. The van der Waals surface area contributed by atoms with Gasteiger partial charge < -0.3 is 10.1 Å². The Morgan fingerprint density at radius 3 is 2.62 bits per heavy atom. The Morgan fingerprint density at radius 2 is 1.97 bits per heavy atom. The number of sulfonamides is 1. The monoisotopic (exact) mass is 459 g/mol. The molecule has 0 spiro atoms. The first-order valence-electron chi connectivity index (χ1n) is 8.21. The molecule has 1 heterocycles. The predicted octanol–water partition coefficient (Wildman–Crippen LogP) is 5.06. The van der Waals surface area contributed by atoms with Gasteiger partial charge >= 0.3 is 0 Å². The molecule has 2 aromatic carbocycles. The van der Waals surface area contributed by atoms with Gasteiger partial charge in [0.2, 0.25) is 0 Å². The minimum atomic E-state index is -4.22. The number of ether oxygens (including phenoxy) is 1. The normalized spacial score (nSPS) is 12.4. The average Bonchev–Trinajstić information content (AvgIpc) is 3.16. The summed E-state index contributed by atoms with van der Waals surface area (Å²) >= 11 is 7.35. The Kier molecular flexibility index (Phi) is 6.25. The van der Waals surface area contributed by atoms with E-state index in [0.29, 0.717) is 5.75 Å². The number of hydrogen-bond acceptors (Lipinski definition) is 6. The summed E-state index contributed by atoms with van der Waals surface area (Å²) in [6, 6.07) is 5.59. The van der Waals surface area contributed by atoms with Gasteiger partial charge in [-0.2, -0.15) is 0 Å². The minimum absolute atomic E-state index is 0.0415. The van der Waals surface area contributed by atoms with Gasteiger partial charge in [-0.25, -0.2) is 22.2 Å². The molecule has 1 unspecified atom stereocenters. The van der Waals surface area contributed by atoms with Gasteiger partial charge in [-0.3, -0.25) is 4.72 Å². The maximum Gasteiger partial charge on any atom is 0.266 e. The summed E-state index contributed by atoms with van der Waals surface area (Å²) in [5.74, 6) is -0.955. The van der Waals surface area contributed by atoms with Crippen molar-refractivity contribution >= 4 is 44.5 Å². The third-order valence-corrected chi connectivity index (χ3v) is 6.29. The molecule has 0 aliphatic carbocycles. The van der Waals surface area contributed by atoms with Crippen molar-refractivity contribution in [2.45, 2.75) is 17.9 Å². The molecule has 0 aliphatic rings. The lowest BCUT2D eigenvalue weighted by Crippen LogP contribution is -2.16. The molecule has 0 bridgehead atoms. The third kappa shape index (κ3) is 4.77. The van der Waals surface area contributed by atoms with Gasteiger partial charge in [0, 0.05) is 10.9 Å². The third-order valence-electron chi connectivity index (χ3n) is 4.02. The van der Waals surface area contributed by atoms with E-state index in [1.807, 2.05) is 0 Å². The molecule has 6 nitrogen and oxygen atoms in total. The number of nitrogens with zero attached hydrogens (tertiary/aromatic N) is 1. The first-order chi connectivity index (χ1) is 13.7. The lowest BCUT2D eigenvalue weighted by molar-refractivity contribution is 0.412. The smallest absolute Gasteiger partial charge is 0.266 e. The molecule has 1 atom stereocenters. The molecule has 0 saturated carbocycles. The number of thiazole rings is 1. The van der Waals surface area contributed by atoms with Crippen LogP contribution in [0.4, 0.5) is 20.3 Å². The van der Waals surface area contributed by atoms with E-state index in [9.17, 15) is 17.2 Å². The molecule has 154 valence electrons. The summed E-state index contributed by atoms with van der Waals surface area (Å²) in [6.07, 6.45) is 0. The maximum absolute atomic E-state index is 14.6. The molecule has 0 fully saturated rings. The van der Waals surface area contributed by atoms with Gasteiger partial charge in [0.05, 0.1) is 29.4 Å². The highest BCUT2D eigenvalue weighted by Crippen LogP contribution is 2.32. The van der Waals surface area contributed by atoms with E-state index in [4.69, 9.17) is 16.3 Å². The van der Waals surface area contributed by atoms with E-state index in [2.05, 4.69) is 15.0 Å². The number of aromatic nitrogens is 1. The summed E-state index contributed by atoms with van der Waals surface area (Å²) in [7, 11) is -2.76. The molecule has 11 heteroatoms. The first-order valence-corrected chi connectivity index (χ1v) is 11.0. The second-order valence-corrected chi connectivity index (χ2v) is 8.77. The molecule has 0 amide bonds. The van der Waals surface area contributed by atoms with Crippen LogP contribution in [0.2, 0.25) is 5.02 Å². The molecule has 1 aromatic heterocycles. The fourth-order valence-corrected chi connectivity index (χ4v) is 4.52. The Morgan fingerprint density at radius 1 is 1.21 bits per heavy atom. The van der Waals surface area contributed by atoms with Crippen molar-refractivity contribution < 1.29 is 21.9 Å². The summed E-state index contributed by atoms with van der Waals surface area (Å²) in [4.78, 5) is 3.18. The summed E-state index contributed by atoms with van der Waals surface area (Å²) in [6.45, 7) is 1.65. The average molecular weight is 460 g/mol. The molecule has 0 radical (unpaired) electrons. The zero-order valence-corrected chi connectivity index (χ0v) is 17.6. The summed E-state index contributed by atoms with van der Waals surface area (Å²) in [5.41, 5.74) is 1.84. The van der Waals surface area contributed by atoms with Gasteiger partial charge in [0.1, 0.15) is 22.3 Å². The van der Waals surface area contributed by atoms with Gasteiger partial charge in [-0.05, 0) is 37.3 Å². The van der Waals surface area contributed by atoms with Crippen LogP contribution in [-0.4, -0.2) is 20.5 Å². The zero-order valence-electron chi connectivity index (χ0n) is 15.2. The van der Waals surface area contributed by atoms with E-state index in [1.165, 1.54) is 47.5 Å². The number of benzene rings is 2. The van der Waals surface area contributed by atoms with Gasteiger partial charge in [-0.15, -0.1) is 11.3 Å². The fraction of sp³-hybridized carbons (Fsp3) is 0.167. The molecule has 3 aromatic rings. The van der Waals surface area contributed by atoms with Crippen molar-refractivity contribution in [1.82, 2.24) is 4.98 Å². The van der Waals surface area contributed by atoms with Crippen LogP contribution in [0, 0.1) is 11.6 Å². The van der Waals surface area contributed by atoms with Crippen molar-refractivity contribution in [2.75, 3.05) is 17.1 Å². The Hall–Kier alpha value is -2.43. The minimum Gasteiger partial charge on any atom is -0.497 e. The van der Waals surface area contributed by atoms with Crippen LogP contribution >= 0.6 is 22.9 Å². The Bertz CT molecular complexity index is 1130. The van der Waals surface area contributed by atoms with E-state index in [-0.39, 0.29) is 22.1 Å². The highest BCUT2D eigenvalue weighted by atomic mass is 35.5. The molecular formula is C18H16ClF2N3O3S2. The lowest BCUT2D eigenvalue weighted by atomic mass is 10.1. The number of hydrogen-bond donors (Lipinski definition) is 2. The van der Waals surface area contributed by atoms with Crippen molar-refractivity contribution in [3.63, 3.8) is 0 Å². The van der Waals surface area contributed by atoms with E-state index < -0.39 is 32.6 Å². The van der Waals surface area contributed by atoms with Crippen molar-refractivity contribution in [1.29, 1.82) is 0 Å². The number of rotatable bonds is 7. The van der Waals surface area contributed by atoms with Crippen LogP contribution in [0.1, 0.15) is 18.5 Å². The molecule has 2 N–H and O–H groups in total. The number of halogens is 3. The second-order valence-electron chi connectivity index (χ2n) is 6.00. The van der Waals surface area contributed by atoms with Crippen LogP contribution in [0.5, 0.6) is 5.75 Å². The van der Waals surface area contributed by atoms with Crippen LogP contribution in [0.15, 0.2) is 46.1 Å². The van der Waals surface area contributed by atoms with E-state index >= 15 is 0 Å². The van der Waals surface area contributed by atoms with Crippen LogP contribution in [0.25, 0.3) is 0 Å². The number of anilines is 2. The SMILES string of the molecule is COc1ccc(F)c(C(C)Nc2cc(F)c(S(=O)(=O)Nc3cscn3)cc2Cl)c1. The standard InChI is InChI=1S/C18H16ClF2N3O3S2/c1-10(12-5-11(27-2)3-4-14(12)20)23-16-7-15(21)17(6-13(16)19)29(25,26)24-18-8-28-9-22-18/h3-10,23-24H,1-2H3. The van der Waals surface area contributed by atoms with Gasteiger partial charge in [-0.1, -0.05) is 11.6 Å². The Balaban J connectivity index is 1.88. The van der Waals surface area contributed by atoms with Gasteiger partial charge in [0.15, 0.2) is 5.82 Å². The van der Waals surface area contributed by atoms with E-state index in [1.54, 1.807) is 6.92 Å². The van der Waals surface area contributed by atoms with Gasteiger partial charge in [0.25, 0.3) is 10.0 Å². The van der Waals surface area contributed by atoms with Crippen LogP contribution < -0.4 is 14.8 Å². The maximum atomic E-state index is 14.6. The molecule has 0 aliphatic heterocycles. The molecule has 29 heavy (non-hydrogen) atoms. The summed E-state index contributed by atoms with van der Waals surface area (Å²) < 4.78 is 60.8.